The molecule has 2 rings (SSSR count). The van der Waals surface area contributed by atoms with Crippen molar-refractivity contribution in [2.75, 3.05) is 0 Å². The molecule has 0 fully saturated rings. The fourth-order valence-corrected chi connectivity index (χ4v) is 2.16. The van der Waals surface area contributed by atoms with Gasteiger partial charge in [-0.2, -0.15) is 0 Å². The quantitative estimate of drug-likeness (QED) is 0.640. The molecule has 0 unspecified atom stereocenters. The summed E-state index contributed by atoms with van der Waals surface area (Å²) in [5.41, 5.74) is 6.99. The van der Waals surface area contributed by atoms with Gasteiger partial charge in [0, 0.05) is 19.2 Å². The molecular weight excluding hydrogens is 252 g/mol. The van der Waals surface area contributed by atoms with Crippen LogP contribution >= 0.6 is 11.6 Å². The number of hydrogen-bond acceptors (Lipinski definition) is 3. The number of carbonyl (C=O) groups excluding carboxylic acids is 1. The van der Waals surface area contributed by atoms with E-state index in [9.17, 15) is 4.79 Å². The maximum Gasteiger partial charge on any atom is 0.217 e. The predicted molar refractivity (Wildman–Crippen MR) is 70.1 cm³/mol. The van der Waals surface area contributed by atoms with Gasteiger partial charge in [-0.3, -0.25) is 9.78 Å². The number of pyridine rings is 1. The lowest BCUT2D eigenvalue weighted by Crippen LogP contribution is -2.10. The van der Waals surface area contributed by atoms with Crippen LogP contribution in [0.15, 0.2) is 18.5 Å². The highest BCUT2D eigenvalue weighted by Gasteiger charge is 2.09. The molecule has 0 saturated carbocycles. The normalized spacial score (nSPS) is 10.9. The third kappa shape index (κ3) is 2.79. The van der Waals surface area contributed by atoms with E-state index in [2.05, 4.69) is 14.5 Å². The topological polar surface area (TPSA) is 73.8 Å². The Morgan fingerprint density at radius 3 is 3.00 bits per heavy atom. The van der Waals surface area contributed by atoms with Gasteiger partial charge in [0.25, 0.3) is 0 Å². The van der Waals surface area contributed by atoms with E-state index in [-0.39, 0.29) is 5.91 Å². The molecule has 18 heavy (non-hydrogen) atoms. The number of unbranched alkanes of at least 4 members (excludes halogenated alkanes) is 1. The van der Waals surface area contributed by atoms with Gasteiger partial charge in [0.05, 0.1) is 17.6 Å². The van der Waals surface area contributed by atoms with Crippen LogP contribution in [-0.4, -0.2) is 20.4 Å². The van der Waals surface area contributed by atoms with E-state index in [1.54, 1.807) is 12.4 Å². The summed E-state index contributed by atoms with van der Waals surface area (Å²) in [7, 11) is 0. The van der Waals surface area contributed by atoms with E-state index in [0.29, 0.717) is 12.3 Å². The van der Waals surface area contributed by atoms with Crippen molar-refractivity contribution in [1.82, 2.24) is 14.5 Å². The number of aryl methyl sites for hydroxylation is 1. The average Bonchev–Trinajstić information content (AvgIpc) is 2.72. The number of halogens is 1. The zero-order valence-electron chi connectivity index (χ0n) is 9.97. The molecule has 0 radical (unpaired) electrons. The minimum atomic E-state index is -0.257. The highest BCUT2D eigenvalue weighted by molar-refractivity contribution is 6.16. The van der Waals surface area contributed by atoms with E-state index in [4.69, 9.17) is 17.3 Å². The first-order valence-corrected chi connectivity index (χ1v) is 6.39. The smallest absolute Gasteiger partial charge is 0.217 e. The lowest BCUT2D eigenvalue weighted by Gasteiger charge is -2.06. The standard InChI is InChI=1S/C12H15ClN4O/c13-7-12-16-9-8-15-5-4-10(9)17(12)6-2-1-3-11(14)18/h4-5,8H,1-3,6-7H2,(H2,14,18). The second-order valence-electron chi connectivity index (χ2n) is 4.10. The number of carbonyl (C=O) groups is 1. The van der Waals surface area contributed by atoms with Crippen LogP contribution in [0.5, 0.6) is 0 Å². The first kappa shape index (κ1) is 12.8. The number of primary amides is 1. The number of hydrogen-bond donors (Lipinski definition) is 1. The zero-order chi connectivity index (χ0) is 13.0. The summed E-state index contributed by atoms with van der Waals surface area (Å²) >= 11 is 5.89. The number of amides is 1. The Hall–Kier alpha value is -1.62. The molecule has 0 aliphatic rings. The van der Waals surface area contributed by atoms with Gasteiger partial charge in [0.1, 0.15) is 11.3 Å². The van der Waals surface area contributed by atoms with Crippen LogP contribution in [-0.2, 0) is 17.2 Å². The van der Waals surface area contributed by atoms with E-state index in [0.717, 1.165) is 36.2 Å². The number of imidazole rings is 1. The molecule has 0 aliphatic heterocycles. The van der Waals surface area contributed by atoms with E-state index in [1.165, 1.54) is 0 Å². The lowest BCUT2D eigenvalue weighted by molar-refractivity contribution is -0.118. The van der Waals surface area contributed by atoms with Crippen molar-refractivity contribution in [1.29, 1.82) is 0 Å². The number of nitrogens with zero attached hydrogens (tertiary/aromatic N) is 3. The molecule has 2 N–H and O–H groups in total. The molecule has 1 amide bonds. The molecule has 6 heteroatoms. The van der Waals surface area contributed by atoms with Gasteiger partial charge in [0.15, 0.2) is 0 Å². The second kappa shape index (κ2) is 5.82. The average molecular weight is 267 g/mol. The fourth-order valence-electron chi connectivity index (χ4n) is 1.95. The van der Waals surface area contributed by atoms with Crippen molar-refractivity contribution >= 4 is 28.5 Å². The second-order valence-corrected chi connectivity index (χ2v) is 4.37. The Kier molecular flexibility index (Phi) is 4.15. The SMILES string of the molecule is NC(=O)CCCCn1c(CCl)nc2cnccc21. The van der Waals surface area contributed by atoms with Gasteiger partial charge in [-0.15, -0.1) is 11.6 Å². The molecule has 0 bridgehead atoms. The number of alkyl halides is 1. The van der Waals surface area contributed by atoms with Crippen LogP contribution < -0.4 is 5.73 Å². The van der Waals surface area contributed by atoms with Gasteiger partial charge < -0.3 is 10.3 Å². The maximum absolute atomic E-state index is 10.7. The van der Waals surface area contributed by atoms with E-state index >= 15 is 0 Å². The number of aromatic nitrogens is 3. The summed E-state index contributed by atoms with van der Waals surface area (Å²) < 4.78 is 2.07. The molecule has 2 aromatic rings. The summed E-state index contributed by atoms with van der Waals surface area (Å²) in [5, 5.41) is 0. The van der Waals surface area contributed by atoms with Crippen LogP contribution in [0.4, 0.5) is 0 Å². The third-order valence-electron chi connectivity index (χ3n) is 2.80. The molecule has 0 atom stereocenters. The van der Waals surface area contributed by atoms with Crippen molar-refractivity contribution in [3.8, 4) is 0 Å². The van der Waals surface area contributed by atoms with Crippen LogP contribution in [0.1, 0.15) is 25.1 Å². The van der Waals surface area contributed by atoms with Crippen LogP contribution in [0, 0.1) is 0 Å². The Morgan fingerprint density at radius 2 is 2.28 bits per heavy atom. The highest BCUT2D eigenvalue weighted by Crippen LogP contribution is 2.17. The molecule has 0 aromatic carbocycles. The van der Waals surface area contributed by atoms with Crippen molar-refractivity contribution in [2.24, 2.45) is 5.73 Å². The minimum absolute atomic E-state index is 0.257. The lowest BCUT2D eigenvalue weighted by atomic mass is 10.2. The van der Waals surface area contributed by atoms with Crippen molar-refractivity contribution in [3.63, 3.8) is 0 Å². The monoisotopic (exact) mass is 266 g/mol. The first-order valence-electron chi connectivity index (χ1n) is 5.85. The van der Waals surface area contributed by atoms with Crippen molar-refractivity contribution in [3.05, 3.63) is 24.3 Å². The van der Waals surface area contributed by atoms with Gasteiger partial charge in [-0.25, -0.2) is 4.98 Å². The summed E-state index contributed by atoms with van der Waals surface area (Å²) in [6.07, 6.45) is 5.54. The number of nitrogens with two attached hydrogens (primary N) is 1. The van der Waals surface area contributed by atoms with Crippen molar-refractivity contribution in [2.45, 2.75) is 31.7 Å². The fraction of sp³-hybridized carbons (Fsp3) is 0.417. The highest BCUT2D eigenvalue weighted by atomic mass is 35.5. The largest absolute Gasteiger partial charge is 0.370 e. The first-order chi connectivity index (χ1) is 8.72. The zero-order valence-corrected chi connectivity index (χ0v) is 10.7. The van der Waals surface area contributed by atoms with Crippen molar-refractivity contribution < 1.29 is 4.79 Å². The van der Waals surface area contributed by atoms with Crippen LogP contribution in [0.25, 0.3) is 11.0 Å². The Balaban J connectivity index is 2.13. The Bertz CT molecular complexity index is 552. The summed E-state index contributed by atoms with van der Waals surface area (Å²) in [6.45, 7) is 0.788. The third-order valence-corrected chi connectivity index (χ3v) is 3.04. The molecule has 5 nitrogen and oxygen atoms in total. The Labute approximate surface area is 110 Å². The molecule has 2 heterocycles. The van der Waals surface area contributed by atoms with Gasteiger partial charge in [-0.05, 0) is 18.9 Å². The van der Waals surface area contributed by atoms with Gasteiger partial charge in [-0.1, -0.05) is 0 Å². The summed E-state index contributed by atoms with van der Waals surface area (Å²) in [6, 6.07) is 1.92. The molecule has 2 aromatic heterocycles. The molecule has 0 spiro atoms. The van der Waals surface area contributed by atoms with E-state index in [1.807, 2.05) is 6.07 Å². The summed E-state index contributed by atoms with van der Waals surface area (Å²) in [5.74, 6) is 0.941. The summed E-state index contributed by atoms with van der Waals surface area (Å²) in [4.78, 5) is 19.1. The van der Waals surface area contributed by atoms with Gasteiger partial charge >= 0.3 is 0 Å². The molecule has 0 aliphatic carbocycles. The van der Waals surface area contributed by atoms with Crippen LogP contribution in [0.2, 0.25) is 0 Å². The van der Waals surface area contributed by atoms with E-state index < -0.39 is 0 Å². The Morgan fingerprint density at radius 1 is 1.44 bits per heavy atom. The predicted octanol–water partition coefficient (Wildman–Crippen LogP) is 1.83. The molecule has 0 saturated heterocycles. The molecular formula is C12H15ClN4O. The van der Waals surface area contributed by atoms with Gasteiger partial charge in [0.2, 0.25) is 5.91 Å². The number of rotatable bonds is 6. The minimum Gasteiger partial charge on any atom is -0.370 e. The maximum atomic E-state index is 10.7. The number of fused-ring (bicyclic) bond motifs is 1. The van der Waals surface area contributed by atoms with Crippen LogP contribution in [0.3, 0.4) is 0 Å². The molecule has 96 valence electrons.